The quantitative estimate of drug-likeness (QED) is 0.876. The topological polar surface area (TPSA) is 59.8 Å². The molecular formula is C12H14N4O. The van der Waals surface area contributed by atoms with Gasteiger partial charge in [-0.3, -0.25) is 10.1 Å². The van der Waals surface area contributed by atoms with Crippen molar-refractivity contribution in [3.8, 4) is 5.69 Å². The summed E-state index contributed by atoms with van der Waals surface area (Å²) in [6, 6.07) is 9.68. The van der Waals surface area contributed by atoms with Crippen molar-refractivity contribution in [2.75, 3.05) is 5.32 Å². The van der Waals surface area contributed by atoms with Gasteiger partial charge in [-0.15, -0.1) is 5.10 Å². The number of carbonyl (C=O) groups excluding carboxylic acids is 1. The van der Waals surface area contributed by atoms with E-state index < -0.39 is 0 Å². The minimum atomic E-state index is -0.0878. The average molecular weight is 230 g/mol. The number of hydrogen-bond donors (Lipinski definition) is 1. The summed E-state index contributed by atoms with van der Waals surface area (Å²) in [7, 11) is 0. The molecule has 0 spiro atoms. The van der Waals surface area contributed by atoms with Crippen molar-refractivity contribution in [2.45, 2.75) is 20.3 Å². The Kier molecular flexibility index (Phi) is 3.18. The van der Waals surface area contributed by atoms with Crippen LogP contribution in [0.1, 0.15) is 19.2 Å². The van der Waals surface area contributed by atoms with Gasteiger partial charge in [-0.2, -0.15) is 4.98 Å². The molecule has 0 bridgehead atoms. The summed E-state index contributed by atoms with van der Waals surface area (Å²) >= 11 is 0. The fourth-order valence-corrected chi connectivity index (χ4v) is 1.47. The van der Waals surface area contributed by atoms with Gasteiger partial charge in [0.25, 0.3) is 0 Å². The van der Waals surface area contributed by atoms with E-state index in [1.54, 1.807) is 11.6 Å². The first-order valence-corrected chi connectivity index (χ1v) is 5.49. The van der Waals surface area contributed by atoms with Crippen molar-refractivity contribution in [2.24, 2.45) is 0 Å². The van der Waals surface area contributed by atoms with Gasteiger partial charge in [0.2, 0.25) is 11.9 Å². The minimum absolute atomic E-state index is 0.0878. The molecule has 1 aromatic heterocycles. The Morgan fingerprint density at radius 2 is 2.06 bits per heavy atom. The maximum Gasteiger partial charge on any atom is 0.249 e. The van der Waals surface area contributed by atoms with Gasteiger partial charge < -0.3 is 0 Å². The molecule has 0 atom stereocenters. The third-order valence-corrected chi connectivity index (χ3v) is 2.34. The highest BCUT2D eigenvalue weighted by Crippen LogP contribution is 2.10. The van der Waals surface area contributed by atoms with Gasteiger partial charge in [0.05, 0.1) is 5.69 Å². The highest BCUT2D eigenvalue weighted by atomic mass is 16.1. The molecule has 2 aromatic rings. The molecule has 1 amide bonds. The first kappa shape index (κ1) is 11.3. The SMILES string of the molecule is CCC(=O)Nc1nc(C)n(-c2ccccc2)n1. The lowest BCUT2D eigenvalue weighted by molar-refractivity contribution is -0.115. The molecule has 0 fully saturated rings. The lowest BCUT2D eigenvalue weighted by Gasteiger charge is -2.01. The smallest absolute Gasteiger partial charge is 0.249 e. The minimum Gasteiger partial charge on any atom is -0.293 e. The van der Waals surface area contributed by atoms with Gasteiger partial charge in [0, 0.05) is 6.42 Å². The van der Waals surface area contributed by atoms with Crippen molar-refractivity contribution in [3.63, 3.8) is 0 Å². The second kappa shape index (κ2) is 4.78. The van der Waals surface area contributed by atoms with Gasteiger partial charge in [-0.05, 0) is 19.1 Å². The molecule has 0 saturated heterocycles. The number of rotatable bonds is 3. The van der Waals surface area contributed by atoms with E-state index in [1.165, 1.54) is 0 Å². The second-order valence-corrected chi connectivity index (χ2v) is 3.63. The Labute approximate surface area is 99.5 Å². The molecule has 17 heavy (non-hydrogen) atoms. The van der Waals surface area contributed by atoms with Crippen molar-refractivity contribution in [1.82, 2.24) is 14.8 Å². The molecular weight excluding hydrogens is 216 g/mol. The third-order valence-electron chi connectivity index (χ3n) is 2.34. The van der Waals surface area contributed by atoms with Gasteiger partial charge in [0.1, 0.15) is 5.82 Å². The van der Waals surface area contributed by atoms with Crippen molar-refractivity contribution < 1.29 is 4.79 Å². The van der Waals surface area contributed by atoms with E-state index in [0.29, 0.717) is 12.4 Å². The lowest BCUT2D eigenvalue weighted by atomic mass is 10.3. The number of benzene rings is 1. The van der Waals surface area contributed by atoms with Gasteiger partial charge in [-0.1, -0.05) is 25.1 Å². The number of para-hydroxylation sites is 1. The number of hydrogen-bond acceptors (Lipinski definition) is 3. The zero-order valence-electron chi connectivity index (χ0n) is 9.84. The lowest BCUT2D eigenvalue weighted by Crippen LogP contribution is -2.11. The summed E-state index contributed by atoms with van der Waals surface area (Å²) in [5.74, 6) is 0.996. The average Bonchev–Trinajstić information content (AvgIpc) is 2.71. The van der Waals surface area contributed by atoms with E-state index in [2.05, 4.69) is 15.4 Å². The van der Waals surface area contributed by atoms with Gasteiger partial charge in [-0.25, -0.2) is 4.68 Å². The van der Waals surface area contributed by atoms with Crippen molar-refractivity contribution >= 4 is 11.9 Å². The monoisotopic (exact) mass is 230 g/mol. The Balaban J connectivity index is 2.28. The predicted octanol–water partition coefficient (Wildman–Crippen LogP) is 1.92. The number of nitrogens with one attached hydrogen (secondary N) is 1. The Morgan fingerprint density at radius 3 is 2.71 bits per heavy atom. The van der Waals surface area contributed by atoms with Gasteiger partial charge in [0.15, 0.2) is 0 Å². The summed E-state index contributed by atoms with van der Waals surface area (Å²) < 4.78 is 1.70. The summed E-state index contributed by atoms with van der Waals surface area (Å²) in [6.07, 6.45) is 0.416. The van der Waals surface area contributed by atoms with Crippen LogP contribution in [0.15, 0.2) is 30.3 Å². The Bertz CT molecular complexity index is 519. The normalized spacial score (nSPS) is 10.2. The molecule has 5 nitrogen and oxygen atoms in total. The molecule has 2 rings (SSSR count). The van der Waals surface area contributed by atoms with Crippen LogP contribution in [0.4, 0.5) is 5.95 Å². The number of aryl methyl sites for hydroxylation is 1. The molecule has 1 heterocycles. The van der Waals surface area contributed by atoms with Crippen LogP contribution in [-0.4, -0.2) is 20.7 Å². The molecule has 1 aromatic carbocycles. The molecule has 5 heteroatoms. The van der Waals surface area contributed by atoms with Crippen LogP contribution < -0.4 is 5.32 Å². The van der Waals surface area contributed by atoms with Crippen LogP contribution in [0, 0.1) is 6.92 Å². The maximum atomic E-state index is 11.2. The van der Waals surface area contributed by atoms with Crippen LogP contribution in [0.3, 0.4) is 0 Å². The van der Waals surface area contributed by atoms with Crippen LogP contribution in [-0.2, 0) is 4.79 Å². The fourth-order valence-electron chi connectivity index (χ4n) is 1.47. The molecule has 0 unspecified atom stereocenters. The number of anilines is 1. The first-order valence-electron chi connectivity index (χ1n) is 5.49. The van der Waals surface area contributed by atoms with E-state index in [0.717, 1.165) is 11.5 Å². The highest BCUT2D eigenvalue weighted by Gasteiger charge is 2.09. The fraction of sp³-hybridized carbons (Fsp3) is 0.250. The maximum absolute atomic E-state index is 11.2. The van der Waals surface area contributed by atoms with Crippen LogP contribution in [0.25, 0.3) is 5.69 Å². The Hall–Kier alpha value is -2.17. The summed E-state index contributed by atoms with van der Waals surface area (Å²) in [4.78, 5) is 15.4. The standard InChI is InChI=1S/C12H14N4O/c1-3-11(17)14-12-13-9(2)16(15-12)10-7-5-4-6-8-10/h4-8H,3H2,1-2H3,(H,14,15,17). The molecule has 0 aliphatic carbocycles. The number of carbonyl (C=O) groups is 1. The Morgan fingerprint density at radius 1 is 1.35 bits per heavy atom. The van der Waals surface area contributed by atoms with Crippen LogP contribution in [0.5, 0.6) is 0 Å². The molecule has 88 valence electrons. The van der Waals surface area contributed by atoms with Crippen LogP contribution in [0.2, 0.25) is 0 Å². The van der Waals surface area contributed by atoms with Crippen molar-refractivity contribution in [1.29, 1.82) is 0 Å². The number of amides is 1. The molecule has 0 radical (unpaired) electrons. The number of nitrogens with zero attached hydrogens (tertiary/aromatic N) is 3. The van der Waals surface area contributed by atoms with Crippen molar-refractivity contribution in [3.05, 3.63) is 36.2 Å². The zero-order valence-corrected chi connectivity index (χ0v) is 9.84. The van der Waals surface area contributed by atoms with E-state index in [4.69, 9.17) is 0 Å². The molecule has 0 aliphatic rings. The molecule has 0 saturated carbocycles. The van der Waals surface area contributed by atoms with E-state index in [1.807, 2.05) is 37.3 Å². The summed E-state index contributed by atoms with van der Waals surface area (Å²) in [5.41, 5.74) is 0.925. The predicted molar refractivity (Wildman–Crippen MR) is 65.0 cm³/mol. The molecule has 1 N–H and O–H groups in total. The van der Waals surface area contributed by atoms with E-state index >= 15 is 0 Å². The summed E-state index contributed by atoms with van der Waals surface area (Å²) in [6.45, 7) is 3.64. The molecule has 0 aliphatic heterocycles. The number of aromatic nitrogens is 3. The van der Waals surface area contributed by atoms with Gasteiger partial charge >= 0.3 is 0 Å². The zero-order chi connectivity index (χ0) is 12.3. The van der Waals surface area contributed by atoms with E-state index in [9.17, 15) is 4.79 Å². The largest absolute Gasteiger partial charge is 0.293 e. The van der Waals surface area contributed by atoms with E-state index in [-0.39, 0.29) is 5.91 Å². The second-order valence-electron chi connectivity index (χ2n) is 3.63. The highest BCUT2D eigenvalue weighted by molar-refractivity contribution is 5.88. The summed E-state index contributed by atoms with van der Waals surface area (Å²) in [5, 5.41) is 6.88. The third kappa shape index (κ3) is 2.50. The van der Waals surface area contributed by atoms with Crippen LogP contribution >= 0.6 is 0 Å². The first-order chi connectivity index (χ1) is 8.20.